The topological polar surface area (TPSA) is 23.5 Å². The molecule has 8 heavy (non-hydrogen) atoms. The second kappa shape index (κ2) is 3.33. The third-order valence-electron chi connectivity index (χ3n) is 1.37. The van der Waals surface area contributed by atoms with Gasteiger partial charge in [-0.2, -0.15) is 13.5 Å². The second-order valence-electron chi connectivity index (χ2n) is 2.20. The average Bonchev–Trinajstić information content (AvgIpc) is 1.87. The molecule has 1 aliphatic heterocycles. The summed E-state index contributed by atoms with van der Waals surface area (Å²) in [6.45, 7) is 1.92. The minimum atomic E-state index is -0.0509. The largest absolute Gasteiger partial charge is 0.392 e. The van der Waals surface area contributed by atoms with Gasteiger partial charge in [-0.3, -0.25) is 0 Å². The Morgan fingerprint density at radius 2 is 2.25 bits per heavy atom. The molecule has 0 bridgehead atoms. The van der Waals surface area contributed by atoms with Crippen LogP contribution in [0, 0.1) is 0 Å². The van der Waals surface area contributed by atoms with Gasteiger partial charge in [0, 0.05) is 13.1 Å². The smallest absolute Gasteiger partial charge is 0.0679 e. The first-order valence-electron chi connectivity index (χ1n) is 2.65. The molecular weight excluding hydrogens is 122 g/mol. The van der Waals surface area contributed by atoms with Crippen LogP contribution in [0.4, 0.5) is 0 Å². The summed E-state index contributed by atoms with van der Waals surface area (Å²) in [5.74, 6) is 0. The first-order valence-corrected chi connectivity index (χ1v) is 2.65. The number of hydrogen-bond donors (Lipinski definition) is 1. The van der Waals surface area contributed by atoms with Gasteiger partial charge in [0.2, 0.25) is 0 Å². The number of aliphatic hydroxyl groups excluding tert-OH is 1. The van der Waals surface area contributed by atoms with Crippen LogP contribution in [0.15, 0.2) is 0 Å². The van der Waals surface area contributed by atoms with E-state index >= 15 is 0 Å². The molecule has 1 atom stereocenters. The molecule has 1 N–H and O–H groups in total. The Kier molecular flexibility index (Phi) is 3.44. The number of likely N-dealkylation sites (N-methyl/N-ethyl adjacent to an activating group) is 1. The predicted molar refractivity (Wildman–Crippen MR) is 38.5 cm³/mol. The Labute approximate surface area is 56.9 Å². The summed E-state index contributed by atoms with van der Waals surface area (Å²) in [5, 5.41) is 8.86. The lowest BCUT2D eigenvalue weighted by Crippen LogP contribution is -2.15. The summed E-state index contributed by atoms with van der Waals surface area (Å²) >= 11 is 0. The van der Waals surface area contributed by atoms with E-state index in [2.05, 4.69) is 4.90 Å². The second-order valence-corrected chi connectivity index (χ2v) is 2.20. The molecule has 0 saturated carbocycles. The quantitative estimate of drug-likeness (QED) is 0.497. The molecule has 1 saturated heterocycles. The summed E-state index contributed by atoms with van der Waals surface area (Å²) in [4.78, 5) is 2.13. The fraction of sp³-hybridized carbons (Fsp3) is 1.00. The summed E-state index contributed by atoms with van der Waals surface area (Å²) < 4.78 is 0. The maximum absolute atomic E-state index is 8.86. The number of β-amino-alcohol motifs (C(OH)–C–C–N with tert-alkyl or cyclic N) is 1. The van der Waals surface area contributed by atoms with Crippen LogP contribution < -0.4 is 0 Å². The molecule has 0 aromatic carbocycles. The van der Waals surface area contributed by atoms with Crippen molar-refractivity contribution in [2.24, 2.45) is 0 Å². The molecule has 1 aliphatic rings. The van der Waals surface area contributed by atoms with Gasteiger partial charge in [0.15, 0.2) is 0 Å². The van der Waals surface area contributed by atoms with Crippen LogP contribution in [0.5, 0.6) is 0 Å². The van der Waals surface area contributed by atoms with Crippen LogP contribution in [0.1, 0.15) is 6.42 Å². The van der Waals surface area contributed by atoms with Crippen LogP contribution >= 0.6 is 13.5 Å². The third kappa shape index (κ3) is 2.03. The lowest BCUT2D eigenvalue weighted by molar-refractivity contribution is 0.183. The highest BCUT2D eigenvalue weighted by atomic mass is 32.1. The molecular formula is C5H13NOS. The van der Waals surface area contributed by atoms with Crippen molar-refractivity contribution in [3.05, 3.63) is 0 Å². The molecule has 0 amide bonds. The standard InChI is InChI=1S/C5H11NO.H2S/c1-6-3-2-5(7)4-6;/h5,7H,2-4H2,1H3;1H2/t5-;/m0./s1. The average molecular weight is 135 g/mol. The van der Waals surface area contributed by atoms with Crippen LogP contribution in [0.3, 0.4) is 0 Å². The molecule has 0 aliphatic carbocycles. The molecule has 2 nitrogen and oxygen atoms in total. The van der Waals surface area contributed by atoms with E-state index in [1.165, 1.54) is 0 Å². The van der Waals surface area contributed by atoms with Crippen LogP contribution in [-0.4, -0.2) is 36.2 Å². The molecule has 0 spiro atoms. The van der Waals surface area contributed by atoms with Crippen molar-refractivity contribution in [1.29, 1.82) is 0 Å². The molecule has 3 heteroatoms. The summed E-state index contributed by atoms with van der Waals surface area (Å²) in [5.41, 5.74) is 0. The molecule has 1 fully saturated rings. The van der Waals surface area contributed by atoms with E-state index in [0.29, 0.717) is 0 Å². The van der Waals surface area contributed by atoms with Gasteiger partial charge in [0.25, 0.3) is 0 Å². The SMILES string of the molecule is CN1CC[C@H](O)C1.S. The van der Waals surface area contributed by atoms with Gasteiger partial charge >= 0.3 is 0 Å². The van der Waals surface area contributed by atoms with Crippen molar-refractivity contribution in [3.63, 3.8) is 0 Å². The molecule has 50 valence electrons. The highest BCUT2D eigenvalue weighted by Gasteiger charge is 2.14. The summed E-state index contributed by atoms with van der Waals surface area (Å²) in [6.07, 6.45) is 0.904. The van der Waals surface area contributed by atoms with E-state index < -0.39 is 0 Å². The van der Waals surface area contributed by atoms with Gasteiger partial charge in [0.1, 0.15) is 0 Å². The van der Waals surface area contributed by atoms with E-state index in [9.17, 15) is 0 Å². The van der Waals surface area contributed by atoms with E-state index in [1.807, 2.05) is 7.05 Å². The molecule has 0 aromatic rings. The minimum absolute atomic E-state index is 0. The zero-order valence-electron chi connectivity index (χ0n) is 5.09. The van der Waals surface area contributed by atoms with Gasteiger partial charge in [-0.1, -0.05) is 0 Å². The minimum Gasteiger partial charge on any atom is -0.392 e. The zero-order chi connectivity index (χ0) is 5.28. The van der Waals surface area contributed by atoms with Crippen molar-refractivity contribution in [2.45, 2.75) is 12.5 Å². The molecule has 1 rings (SSSR count). The molecule has 1 heterocycles. The van der Waals surface area contributed by atoms with Gasteiger partial charge in [-0.05, 0) is 13.5 Å². The zero-order valence-corrected chi connectivity index (χ0v) is 6.09. The summed E-state index contributed by atoms with van der Waals surface area (Å²) in [7, 11) is 2.02. The number of rotatable bonds is 0. The van der Waals surface area contributed by atoms with Gasteiger partial charge in [-0.15, -0.1) is 0 Å². The highest BCUT2D eigenvalue weighted by molar-refractivity contribution is 7.59. The fourth-order valence-electron chi connectivity index (χ4n) is 0.912. The summed E-state index contributed by atoms with van der Waals surface area (Å²) in [6, 6.07) is 0. The van der Waals surface area contributed by atoms with Crippen LogP contribution in [-0.2, 0) is 0 Å². The maximum atomic E-state index is 8.86. The fourth-order valence-corrected chi connectivity index (χ4v) is 0.912. The Morgan fingerprint density at radius 3 is 2.38 bits per heavy atom. The van der Waals surface area contributed by atoms with Gasteiger partial charge < -0.3 is 10.0 Å². The highest BCUT2D eigenvalue weighted by Crippen LogP contribution is 2.03. The Morgan fingerprint density at radius 1 is 1.62 bits per heavy atom. The van der Waals surface area contributed by atoms with Crippen molar-refractivity contribution < 1.29 is 5.11 Å². The Hall–Kier alpha value is 0.270. The van der Waals surface area contributed by atoms with Crippen molar-refractivity contribution in [2.75, 3.05) is 20.1 Å². The third-order valence-corrected chi connectivity index (χ3v) is 1.37. The lowest BCUT2D eigenvalue weighted by atomic mass is 10.3. The van der Waals surface area contributed by atoms with E-state index in [4.69, 9.17) is 5.11 Å². The molecule has 0 unspecified atom stereocenters. The van der Waals surface area contributed by atoms with E-state index in [1.54, 1.807) is 0 Å². The van der Waals surface area contributed by atoms with E-state index in [0.717, 1.165) is 19.5 Å². The number of nitrogens with zero attached hydrogens (tertiary/aromatic N) is 1. The predicted octanol–water partition coefficient (Wildman–Crippen LogP) is -0.204. The number of likely N-dealkylation sites (tertiary alicyclic amines) is 1. The van der Waals surface area contributed by atoms with Crippen molar-refractivity contribution in [3.8, 4) is 0 Å². The van der Waals surface area contributed by atoms with E-state index in [-0.39, 0.29) is 19.6 Å². The first kappa shape index (κ1) is 8.27. The Bertz CT molecular complexity index is 61.4. The molecule has 0 radical (unpaired) electrons. The lowest BCUT2D eigenvalue weighted by Gasteiger charge is -2.02. The first-order chi connectivity index (χ1) is 3.29. The van der Waals surface area contributed by atoms with Gasteiger partial charge in [0.05, 0.1) is 6.10 Å². The van der Waals surface area contributed by atoms with Crippen LogP contribution in [0.2, 0.25) is 0 Å². The Balaban J connectivity index is 0.000000490. The van der Waals surface area contributed by atoms with Crippen LogP contribution in [0.25, 0.3) is 0 Å². The monoisotopic (exact) mass is 135 g/mol. The van der Waals surface area contributed by atoms with Crippen molar-refractivity contribution in [1.82, 2.24) is 4.90 Å². The number of hydrogen-bond acceptors (Lipinski definition) is 2. The normalized spacial score (nSPS) is 30.0. The maximum Gasteiger partial charge on any atom is 0.0679 e. The number of aliphatic hydroxyl groups is 1. The van der Waals surface area contributed by atoms with Gasteiger partial charge in [-0.25, -0.2) is 0 Å². The van der Waals surface area contributed by atoms with Crippen molar-refractivity contribution >= 4 is 13.5 Å². The molecule has 0 aromatic heterocycles.